The fourth-order valence-corrected chi connectivity index (χ4v) is 1.77. The van der Waals surface area contributed by atoms with Crippen LogP contribution in [-0.4, -0.2) is 55.1 Å². The number of hydrogen-bond donors (Lipinski definition) is 1. The Bertz CT molecular complexity index is 343. The highest BCUT2D eigenvalue weighted by Crippen LogP contribution is 2.17. The van der Waals surface area contributed by atoms with Crippen molar-refractivity contribution < 1.29 is 23.5 Å². The van der Waals surface area contributed by atoms with Crippen molar-refractivity contribution in [1.82, 2.24) is 10.2 Å². The average Bonchev–Trinajstić information content (AvgIpc) is 2.29. The van der Waals surface area contributed by atoms with Gasteiger partial charge in [-0.25, -0.2) is 14.0 Å². The molecule has 7 heteroatoms. The van der Waals surface area contributed by atoms with Crippen molar-refractivity contribution in [2.75, 3.05) is 20.2 Å². The van der Waals surface area contributed by atoms with Crippen LogP contribution in [0.1, 0.15) is 27.2 Å². The van der Waals surface area contributed by atoms with Crippen molar-refractivity contribution in [2.24, 2.45) is 0 Å². The van der Waals surface area contributed by atoms with Crippen molar-refractivity contribution in [3.63, 3.8) is 0 Å². The number of nitrogens with zero attached hydrogens (tertiary/aromatic N) is 1. The van der Waals surface area contributed by atoms with Gasteiger partial charge in [0.1, 0.15) is 11.8 Å². The first-order chi connectivity index (χ1) is 8.73. The molecule has 19 heavy (non-hydrogen) atoms. The molecule has 1 aliphatic heterocycles. The Balaban J connectivity index is 2.49. The molecule has 1 heterocycles. The van der Waals surface area contributed by atoms with Crippen LogP contribution in [0, 0.1) is 0 Å². The Morgan fingerprint density at radius 3 is 2.47 bits per heavy atom. The summed E-state index contributed by atoms with van der Waals surface area (Å²) >= 11 is 0. The van der Waals surface area contributed by atoms with Crippen molar-refractivity contribution >= 4 is 12.2 Å². The maximum Gasteiger partial charge on any atom is 0.410 e. The molecule has 0 aromatic heterocycles. The second-order valence-electron chi connectivity index (χ2n) is 5.47. The third-order valence-electron chi connectivity index (χ3n) is 2.68. The smallest absolute Gasteiger partial charge is 0.410 e. The Kier molecular flexibility index (Phi) is 4.97. The lowest BCUT2D eigenvalue weighted by Gasteiger charge is -2.35. The fourth-order valence-electron chi connectivity index (χ4n) is 1.77. The van der Waals surface area contributed by atoms with E-state index >= 15 is 0 Å². The lowest BCUT2D eigenvalue weighted by atomic mass is 10.0. The van der Waals surface area contributed by atoms with Gasteiger partial charge in [-0.2, -0.15) is 0 Å². The number of hydrogen-bond acceptors (Lipinski definition) is 4. The van der Waals surface area contributed by atoms with Crippen LogP contribution in [0.5, 0.6) is 0 Å². The normalized spacial score (nSPS) is 23.7. The van der Waals surface area contributed by atoms with Crippen molar-refractivity contribution in [1.29, 1.82) is 0 Å². The standard InChI is InChI=1S/C12H21FN2O4/c1-12(2,3)19-11(17)15-6-5-9(8(13)7-15)14-10(16)18-4/h8-9H,5-7H2,1-4H3,(H,14,16). The zero-order chi connectivity index (χ0) is 14.6. The van der Waals surface area contributed by atoms with E-state index in [1.165, 1.54) is 12.0 Å². The van der Waals surface area contributed by atoms with E-state index in [-0.39, 0.29) is 6.54 Å². The van der Waals surface area contributed by atoms with Gasteiger partial charge in [0.05, 0.1) is 19.7 Å². The van der Waals surface area contributed by atoms with E-state index in [0.29, 0.717) is 13.0 Å². The quantitative estimate of drug-likeness (QED) is 0.791. The molecule has 110 valence electrons. The van der Waals surface area contributed by atoms with E-state index in [1.807, 2.05) is 0 Å². The molecule has 2 amide bonds. The number of amides is 2. The number of carbonyl (C=O) groups excluding carboxylic acids is 2. The first-order valence-electron chi connectivity index (χ1n) is 6.19. The second-order valence-corrected chi connectivity index (χ2v) is 5.47. The third-order valence-corrected chi connectivity index (χ3v) is 2.68. The zero-order valence-electron chi connectivity index (χ0n) is 11.7. The molecule has 0 aliphatic carbocycles. The molecule has 6 nitrogen and oxygen atoms in total. The molecule has 1 N–H and O–H groups in total. The number of carbonyl (C=O) groups is 2. The SMILES string of the molecule is COC(=O)NC1CCN(C(=O)OC(C)(C)C)CC1F. The molecule has 0 radical (unpaired) electrons. The highest BCUT2D eigenvalue weighted by Gasteiger charge is 2.34. The minimum Gasteiger partial charge on any atom is -0.453 e. The van der Waals surface area contributed by atoms with Crippen LogP contribution in [0.15, 0.2) is 0 Å². The number of alkyl halides is 1. The van der Waals surface area contributed by atoms with Crippen molar-refractivity contribution in [2.45, 2.75) is 45.0 Å². The summed E-state index contributed by atoms with van der Waals surface area (Å²) in [5.74, 6) is 0. The van der Waals surface area contributed by atoms with E-state index in [4.69, 9.17) is 4.74 Å². The van der Waals surface area contributed by atoms with Crippen molar-refractivity contribution in [3.05, 3.63) is 0 Å². The number of halogens is 1. The second kappa shape index (κ2) is 6.08. The van der Waals surface area contributed by atoms with Crippen molar-refractivity contribution in [3.8, 4) is 0 Å². The van der Waals surface area contributed by atoms with E-state index in [2.05, 4.69) is 10.1 Å². The molecule has 1 fully saturated rings. The van der Waals surface area contributed by atoms with Gasteiger partial charge in [0.2, 0.25) is 0 Å². The zero-order valence-corrected chi connectivity index (χ0v) is 11.7. The first kappa shape index (κ1) is 15.5. The van der Waals surface area contributed by atoms with E-state index in [1.54, 1.807) is 20.8 Å². The van der Waals surface area contributed by atoms with Crippen LogP contribution in [0.25, 0.3) is 0 Å². The van der Waals surface area contributed by atoms with Gasteiger partial charge in [-0.15, -0.1) is 0 Å². The van der Waals surface area contributed by atoms with Gasteiger partial charge in [-0.1, -0.05) is 0 Å². The number of ether oxygens (including phenoxy) is 2. The van der Waals surface area contributed by atoms with E-state index in [0.717, 1.165) is 0 Å². The maximum absolute atomic E-state index is 13.9. The van der Waals surface area contributed by atoms with Gasteiger partial charge in [0, 0.05) is 6.54 Å². The minimum absolute atomic E-state index is 0.0937. The van der Waals surface area contributed by atoms with Crippen LogP contribution in [-0.2, 0) is 9.47 Å². The molecule has 0 spiro atoms. The Morgan fingerprint density at radius 1 is 1.37 bits per heavy atom. The van der Waals surface area contributed by atoms with Gasteiger partial charge in [0.25, 0.3) is 0 Å². The molecule has 0 aromatic carbocycles. The van der Waals surface area contributed by atoms with Gasteiger partial charge in [-0.3, -0.25) is 0 Å². The molecule has 1 rings (SSSR count). The summed E-state index contributed by atoms with van der Waals surface area (Å²) < 4.78 is 23.5. The fraction of sp³-hybridized carbons (Fsp3) is 0.833. The topological polar surface area (TPSA) is 67.9 Å². The molecule has 1 aliphatic rings. The molecule has 0 saturated carbocycles. The van der Waals surface area contributed by atoms with Crippen LogP contribution in [0.2, 0.25) is 0 Å². The molecule has 1 saturated heterocycles. The number of likely N-dealkylation sites (tertiary alicyclic amines) is 1. The third kappa shape index (κ3) is 4.92. The molecular formula is C12H21FN2O4. The lowest BCUT2D eigenvalue weighted by molar-refractivity contribution is 0.00964. The Morgan fingerprint density at radius 2 is 2.00 bits per heavy atom. The highest BCUT2D eigenvalue weighted by atomic mass is 19.1. The van der Waals surface area contributed by atoms with Crippen LogP contribution in [0.3, 0.4) is 0 Å². The van der Waals surface area contributed by atoms with E-state index < -0.39 is 30.0 Å². The number of nitrogens with one attached hydrogen (secondary N) is 1. The number of rotatable bonds is 1. The Labute approximate surface area is 112 Å². The first-order valence-corrected chi connectivity index (χ1v) is 6.19. The monoisotopic (exact) mass is 276 g/mol. The van der Waals surface area contributed by atoms with Crippen LogP contribution < -0.4 is 5.32 Å². The Hall–Kier alpha value is -1.53. The molecule has 2 atom stereocenters. The number of piperidine rings is 1. The largest absolute Gasteiger partial charge is 0.453 e. The predicted octanol–water partition coefficient (Wildman–Crippen LogP) is 1.69. The summed E-state index contributed by atoms with van der Waals surface area (Å²) in [6, 6.07) is -0.633. The molecule has 0 aromatic rings. The van der Waals surface area contributed by atoms with Crippen LogP contribution in [0.4, 0.5) is 14.0 Å². The molecule has 0 bridgehead atoms. The number of alkyl carbamates (subject to hydrolysis) is 1. The predicted molar refractivity (Wildman–Crippen MR) is 66.6 cm³/mol. The van der Waals surface area contributed by atoms with Gasteiger partial charge >= 0.3 is 12.2 Å². The summed E-state index contributed by atoms with van der Waals surface area (Å²) in [5, 5.41) is 2.41. The average molecular weight is 276 g/mol. The highest BCUT2D eigenvalue weighted by molar-refractivity contribution is 5.69. The summed E-state index contributed by atoms with van der Waals surface area (Å²) in [6.07, 6.45) is -2.21. The molecule has 2 unspecified atom stereocenters. The summed E-state index contributed by atoms with van der Waals surface area (Å²) in [6.45, 7) is 5.50. The molecular weight excluding hydrogens is 255 g/mol. The maximum atomic E-state index is 13.9. The minimum atomic E-state index is -1.33. The summed E-state index contributed by atoms with van der Waals surface area (Å²) in [4.78, 5) is 24.1. The summed E-state index contributed by atoms with van der Waals surface area (Å²) in [5.41, 5.74) is -0.607. The summed E-state index contributed by atoms with van der Waals surface area (Å²) in [7, 11) is 1.22. The lowest BCUT2D eigenvalue weighted by Crippen LogP contribution is -2.54. The number of methoxy groups -OCH3 is 1. The van der Waals surface area contributed by atoms with Crippen LogP contribution >= 0.6 is 0 Å². The van der Waals surface area contributed by atoms with Gasteiger partial charge < -0.3 is 19.7 Å². The van der Waals surface area contributed by atoms with Gasteiger partial charge in [-0.05, 0) is 27.2 Å². The van der Waals surface area contributed by atoms with E-state index in [9.17, 15) is 14.0 Å². The van der Waals surface area contributed by atoms with Gasteiger partial charge in [0.15, 0.2) is 0 Å².